The maximum atomic E-state index is 13.0. The molecule has 3 aromatic rings. The minimum absolute atomic E-state index is 0.0111. The highest BCUT2D eigenvalue weighted by atomic mass is 32.1. The van der Waals surface area contributed by atoms with Crippen molar-refractivity contribution in [2.24, 2.45) is 5.10 Å². The second kappa shape index (κ2) is 8.75. The minimum Gasteiger partial charge on any atom is -0.496 e. The Kier molecular flexibility index (Phi) is 6.15. The van der Waals surface area contributed by atoms with Gasteiger partial charge in [0.15, 0.2) is 0 Å². The number of hydrogen-bond acceptors (Lipinski definition) is 5. The normalized spacial score (nSPS) is 11.3. The van der Waals surface area contributed by atoms with Gasteiger partial charge in [-0.2, -0.15) is 14.9 Å². The largest absolute Gasteiger partial charge is 0.496 e. The third-order valence-corrected chi connectivity index (χ3v) is 4.18. The third kappa shape index (κ3) is 4.61. The van der Waals surface area contributed by atoms with E-state index >= 15 is 0 Å². The van der Waals surface area contributed by atoms with Crippen LogP contribution in [0.15, 0.2) is 47.6 Å². The van der Waals surface area contributed by atoms with Gasteiger partial charge < -0.3 is 9.47 Å². The molecule has 1 aromatic heterocycles. The summed E-state index contributed by atoms with van der Waals surface area (Å²) in [5.41, 5.74) is 2.60. The first-order chi connectivity index (χ1) is 13.5. The Bertz CT molecular complexity index is 1030. The number of rotatable bonds is 7. The quantitative estimate of drug-likeness (QED) is 0.460. The van der Waals surface area contributed by atoms with Crippen LogP contribution < -0.4 is 9.47 Å². The average Bonchev–Trinajstić information content (AvgIpc) is 3.06. The van der Waals surface area contributed by atoms with E-state index in [-0.39, 0.29) is 11.4 Å². The first-order valence-electron chi connectivity index (χ1n) is 8.34. The zero-order valence-electron chi connectivity index (χ0n) is 15.2. The summed E-state index contributed by atoms with van der Waals surface area (Å²) in [4.78, 5) is 0. The number of methoxy groups -OCH3 is 1. The Morgan fingerprint density at radius 3 is 2.68 bits per heavy atom. The molecule has 0 aliphatic heterocycles. The van der Waals surface area contributed by atoms with Crippen LogP contribution in [-0.4, -0.2) is 28.2 Å². The topological polar surface area (TPSA) is 64.4 Å². The summed E-state index contributed by atoms with van der Waals surface area (Å²) in [5, 5.41) is 9.81. The molecule has 0 fully saturated rings. The van der Waals surface area contributed by atoms with Crippen LogP contribution in [0.2, 0.25) is 0 Å². The molecule has 0 unspecified atom stereocenters. The number of ether oxygens (including phenoxy) is 2. The van der Waals surface area contributed by atoms with E-state index in [0.29, 0.717) is 11.3 Å². The van der Waals surface area contributed by atoms with E-state index in [1.807, 2.05) is 37.3 Å². The van der Waals surface area contributed by atoms with Crippen molar-refractivity contribution in [3.63, 3.8) is 0 Å². The summed E-state index contributed by atoms with van der Waals surface area (Å²) in [5.74, 6) is 0.841. The maximum absolute atomic E-state index is 13.0. The molecule has 0 saturated heterocycles. The lowest BCUT2D eigenvalue weighted by Crippen LogP contribution is -2.01. The fraction of sp³-hybridized carbons (Fsp3) is 0.211. The van der Waals surface area contributed by atoms with Crippen LogP contribution in [0.5, 0.6) is 11.5 Å². The fourth-order valence-corrected chi connectivity index (χ4v) is 2.65. The Labute approximate surface area is 165 Å². The van der Waals surface area contributed by atoms with Crippen molar-refractivity contribution in [1.29, 1.82) is 0 Å². The number of nitrogens with one attached hydrogen (secondary N) is 1. The molecule has 6 nitrogen and oxygen atoms in total. The molecule has 0 spiro atoms. The van der Waals surface area contributed by atoms with Crippen molar-refractivity contribution in [2.45, 2.75) is 20.0 Å². The van der Waals surface area contributed by atoms with Crippen LogP contribution in [0.4, 0.5) is 8.78 Å². The number of alkyl halides is 2. The van der Waals surface area contributed by atoms with Crippen LogP contribution in [0.3, 0.4) is 0 Å². The van der Waals surface area contributed by atoms with Crippen molar-refractivity contribution in [3.05, 3.63) is 69.8 Å². The van der Waals surface area contributed by atoms with E-state index in [9.17, 15) is 8.78 Å². The van der Waals surface area contributed by atoms with Gasteiger partial charge in [-0.1, -0.05) is 17.7 Å². The molecule has 0 atom stereocenters. The van der Waals surface area contributed by atoms with E-state index in [1.54, 1.807) is 19.2 Å². The van der Waals surface area contributed by atoms with Crippen molar-refractivity contribution in [2.75, 3.05) is 7.11 Å². The number of hydrogen-bond donors (Lipinski definition) is 1. The molecule has 0 saturated carbocycles. The van der Waals surface area contributed by atoms with Gasteiger partial charge in [0.2, 0.25) is 10.6 Å². The molecule has 0 radical (unpaired) electrons. The number of aryl methyl sites for hydroxylation is 1. The average molecular weight is 404 g/mol. The molecule has 3 rings (SSSR count). The van der Waals surface area contributed by atoms with Gasteiger partial charge in [0.25, 0.3) is 6.43 Å². The lowest BCUT2D eigenvalue weighted by molar-refractivity contribution is 0.136. The minimum atomic E-state index is -2.79. The predicted octanol–water partition coefficient (Wildman–Crippen LogP) is 4.66. The number of halogens is 2. The fourth-order valence-electron chi connectivity index (χ4n) is 2.47. The summed E-state index contributed by atoms with van der Waals surface area (Å²) in [6.45, 7) is 2.28. The molecule has 0 bridgehead atoms. The summed E-state index contributed by atoms with van der Waals surface area (Å²) in [7, 11) is 1.57. The molecule has 9 heteroatoms. The molecule has 28 heavy (non-hydrogen) atoms. The van der Waals surface area contributed by atoms with E-state index in [1.165, 1.54) is 6.21 Å². The van der Waals surface area contributed by atoms with Gasteiger partial charge in [0, 0.05) is 5.56 Å². The van der Waals surface area contributed by atoms with Gasteiger partial charge in [0.1, 0.15) is 18.1 Å². The number of nitrogens with zero attached hydrogens (tertiary/aromatic N) is 3. The number of aromatic amines is 1. The second-order valence-corrected chi connectivity index (χ2v) is 6.30. The number of benzene rings is 2. The standard InChI is InChI=1S/C19H18F2N4O2S/c1-12-3-6-15(7-4-12)27-11-14-9-13(5-8-16(14)26-2)10-22-25-18(17(20)21)23-24-19(25)28/h3-10,17H,11H2,1-2H3,(H,24,28)/b22-10+. The van der Waals surface area contributed by atoms with E-state index < -0.39 is 12.2 Å². The predicted molar refractivity (Wildman–Crippen MR) is 104 cm³/mol. The monoisotopic (exact) mass is 404 g/mol. The van der Waals surface area contributed by atoms with Gasteiger partial charge in [-0.05, 0) is 55.0 Å². The maximum Gasteiger partial charge on any atom is 0.299 e. The molecule has 2 aromatic carbocycles. The molecule has 0 aliphatic carbocycles. The van der Waals surface area contributed by atoms with Crippen LogP contribution in [0.1, 0.15) is 28.9 Å². The lowest BCUT2D eigenvalue weighted by Gasteiger charge is -2.11. The van der Waals surface area contributed by atoms with Crippen molar-refractivity contribution in [1.82, 2.24) is 14.9 Å². The van der Waals surface area contributed by atoms with Crippen LogP contribution >= 0.6 is 12.2 Å². The summed E-state index contributed by atoms with van der Waals surface area (Å²) < 4.78 is 38.0. The zero-order valence-corrected chi connectivity index (χ0v) is 16.0. The Balaban J connectivity index is 1.81. The summed E-state index contributed by atoms with van der Waals surface area (Å²) >= 11 is 4.94. The Morgan fingerprint density at radius 2 is 2.00 bits per heavy atom. The molecular weight excluding hydrogens is 386 g/mol. The van der Waals surface area contributed by atoms with E-state index in [2.05, 4.69) is 15.3 Å². The van der Waals surface area contributed by atoms with Crippen molar-refractivity contribution >= 4 is 18.4 Å². The van der Waals surface area contributed by atoms with E-state index in [4.69, 9.17) is 21.7 Å². The van der Waals surface area contributed by atoms with Gasteiger partial charge in [-0.3, -0.25) is 0 Å². The van der Waals surface area contributed by atoms with Crippen LogP contribution in [-0.2, 0) is 6.61 Å². The second-order valence-electron chi connectivity index (χ2n) is 5.92. The lowest BCUT2D eigenvalue weighted by atomic mass is 10.1. The molecule has 1 N–H and O–H groups in total. The van der Waals surface area contributed by atoms with Gasteiger partial charge in [-0.25, -0.2) is 13.9 Å². The molecule has 146 valence electrons. The van der Waals surface area contributed by atoms with E-state index in [0.717, 1.165) is 21.6 Å². The van der Waals surface area contributed by atoms with Crippen LogP contribution in [0, 0.1) is 11.7 Å². The Hall–Kier alpha value is -3.07. The number of aromatic nitrogens is 3. The van der Waals surface area contributed by atoms with Gasteiger partial charge >= 0.3 is 0 Å². The summed E-state index contributed by atoms with van der Waals surface area (Å²) in [6, 6.07) is 13.0. The van der Waals surface area contributed by atoms with Crippen LogP contribution in [0.25, 0.3) is 0 Å². The SMILES string of the molecule is COc1ccc(/C=N/n2c(C(F)F)n[nH]c2=S)cc1COc1ccc(C)cc1. The third-order valence-electron chi connectivity index (χ3n) is 3.91. The molecule has 0 aliphatic rings. The molecular formula is C19H18F2N4O2S. The molecule has 0 amide bonds. The number of H-pyrrole nitrogens is 1. The Morgan fingerprint density at radius 1 is 1.25 bits per heavy atom. The summed E-state index contributed by atoms with van der Waals surface area (Å²) in [6.07, 6.45) is -1.37. The van der Waals surface area contributed by atoms with Crippen molar-refractivity contribution < 1.29 is 18.3 Å². The highest BCUT2D eigenvalue weighted by molar-refractivity contribution is 7.71. The zero-order chi connectivity index (χ0) is 20.1. The van der Waals surface area contributed by atoms with Gasteiger partial charge in [-0.15, -0.1) is 0 Å². The smallest absolute Gasteiger partial charge is 0.299 e. The molecule has 1 heterocycles. The van der Waals surface area contributed by atoms with Crippen molar-refractivity contribution in [3.8, 4) is 11.5 Å². The first-order valence-corrected chi connectivity index (χ1v) is 8.75. The first kappa shape index (κ1) is 19.7. The highest BCUT2D eigenvalue weighted by Gasteiger charge is 2.16. The highest BCUT2D eigenvalue weighted by Crippen LogP contribution is 2.22. The van der Waals surface area contributed by atoms with Gasteiger partial charge in [0.05, 0.1) is 13.3 Å².